The average molecular weight is 569 g/mol. The van der Waals surface area contributed by atoms with Gasteiger partial charge in [0.2, 0.25) is 0 Å². The summed E-state index contributed by atoms with van der Waals surface area (Å²) in [5, 5.41) is 16.4. The first-order chi connectivity index (χ1) is 19.4. The Hall–Kier alpha value is -4.72. The van der Waals surface area contributed by atoms with E-state index >= 15 is 0 Å². The summed E-state index contributed by atoms with van der Waals surface area (Å²) in [6.45, 7) is 4.66. The normalized spacial score (nSPS) is 11.4. The van der Waals surface area contributed by atoms with Crippen molar-refractivity contribution in [1.29, 1.82) is 0 Å². The first-order valence-electron chi connectivity index (χ1n) is 12.7. The second kappa shape index (κ2) is 12.2. The van der Waals surface area contributed by atoms with E-state index in [4.69, 9.17) is 0 Å². The minimum absolute atomic E-state index is 0.0344. The molecule has 0 aliphatic rings. The molecular formula is C27H31F3N10O. The number of hydrogen-bond donors (Lipinski definition) is 4. The molecule has 4 N–H and O–H groups in total. The molecule has 1 aromatic carbocycles. The lowest BCUT2D eigenvalue weighted by Crippen LogP contribution is -2.22. The molecule has 0 spiro atoms. The number of anilines is 5. The van der Waals surface area contributed by atoms with Crippen LogP contribution in [0.4, 0.5) is 42.0 Å². The van der Waals surface area contributed by atoms with E-state index in [0.29, 0.717) is 41.9 Å². The van der Waals surface area contributed by atoms with Crippen LogP contribution in [0.3, 0.4) is 0 Å². The first kappa shape index (κ1) is 29.3. The molecule has 0 bridgehead atoms. The van der Waals surface area contributed by atoms with Gasteiger partial charge in [-0.05, 0) is 57.8 Å². The zero-order valence-electron chi connectivity index (χ0n) is 23.3. The second-order valence-corrected chi connectivity index (χ2v) is 9.56. The predicted molar refractivity (Wildman–Crippen MR) is 152 cm³/mol. The number of halogens is 3. The average Bonchev–Trinajstić information content (AvgIpc) is 3.29. The molecule has 3 heterocycles. The van der Waals surface area contributed by atoms with E-state index in [1.165, 1.54) is 12.4 Å². The van der Waals surface area contributed by atoms with Crippen LogP contribution in [0.2, 0.25) is 0 Å². The van der Waals surface area contributed by atoms with E-state index in [-0.39, 0.29) is 11.4 Å². The Labute approximate surface area is 235 Å². The molecule has 4 rings (SSSR count). The van der Waals surface area contributed by atoms with Crippen molar-refractivity contribution in [3.63, 3.8) is 0 Å². The Morgan fingerprint density at radius 2 is 1.80 bits per heavy atom. The number of carbonyl (C=O) groups excluding carboxylic acids is 1. The number of likely N-dealkylation sites (N-methyl/N-ethyl adjacent to an activating group) is 1. The molecule has 0 fully saturated rings. The van der Waals surface area contributed by atoms with Gasteiger partial charge in [0.05, 0.1) is 5.69 Å². The van der Waals surface area contributed by atoms with Gasteiger partial charge in [0.15, 0.2) is 5.82 Å². The number of nitrogens with one attached hydrogen (secondary N) is 4. The maximum atomic E-state index is 13.5. The Morgan fingerprint density at radius 1 is 1.02 bits per heavy atom. The third-order valence-corrected chi connectivity index (χ3v) is 5.96. The van der Waals surface area contributed by atoms with Crippen LogP contribution in [-0.2, 0) is 6.18 Å². The lowest BCUT2D eigenvalue weighted by molar-refractivity contribution is -0.141. The van der Waals surface area contributed by atoms with Crippen LogP contribution in [0, 0.1) is 13.8 Å². The maximum Gasteiger partial charge on any atom is 0.433 e. The molecule has 0 saturated heterocycles. The van der Waals surface area contributed by atoms with Crippen molar-refractivity contribution in [3.05, 3.63) is 71.3 Å². The molecule has 216 valence electrons. The number of aromatic nitrogens is 5. The number of alkyl halides is 3. The smallest absolute Gasteiger partial charge is 0.373 e. The molecule has 0 radical (unpaired) electrons. The summed E-state index contributed by atoms with van der Waals surface area (Å²) in [6.07, 6.45) is -3.29. The molecular weight excluding hydrogens is 537 g/mol. The minimum Gasteiger partial charge on any atom is -0.373 e. The van der Waals surface area contributed by atoms with Crippen molar-refractivity contribution in [2.45, 2.75) is 20.0 Å². The summed E-state index contributed by atoms with van der Waals surface area (Å²) < 4.78 is 42.2. The highest BCUT2D eigenvalue weighted by atomic mass is 19.4. The largest absolute Gasteiger partial charge is 0.433 e. The molecule has 11 nitrogen and oxygen atoms in total. The van der Waals surface area contributed by atoms with Crippen LogP contribution >= 0.6 is 0 Å². The topological polar surface area (TPSA) is 125 Å². The molecule has 3 aromatic heterocycles. The van der Waals surface area contributed by atoms with Crippen LogP contribution in [0.15, 0.2) is 48.8 Å². The lowest BCUT2D eigenvalue weighted by atomic mass is 10.1. The van der Waals surface area contributed by atoms with Gasteiger partial charge in [-0.15, -0.1) is 0 Å². The summed E-state index contributed by atoms with van der Waals surface area (Å²) in [7, 11) is 5.44. The van der Waals surface area contributed by atoms with Crippen molar-refractivity contribution in [1.82, 2.24) is 29.6 Å². The quantitative estimate of drug-likeness (QED) is 0.215. The summed E-state index contributed by atoms with van der Waals surface area (Å²) >= 11 is 0. The van der Waals surface area contributed by atoms with E-state index < -0.39 is 17.8 Å². The first-order valence-corrected chi connectivity index (χ1v) is 12.7. The number of rotatable bonds is 10. The summed E-state index contributed by atoms with van der Waals surface area (Å²) in [5.41, 5.74) is 1.32. The van der Waals surface area contributed by atoms with E-state index in [9.17, 15) is 18.0 Å². The molecule has 14 heteroatoms. The minimum atomic E-state index is -4.71. The molecule has 0 aliphatic heterocycles. The number of nitrogens with zero attached hydrogens (tertiary/aromatic N) is 6. The summed E-state index contributed by atoms with van der Waals surface area (Å²) in [6, 6.07) is 10.8. The van der Waals surface area contributed by atoms with E-state index in [0.717, 1.165) is 17.3 Å². The molecule has 4 aromatic rings. The van der Waals surface area contributed by atoms with Crippen molar-refractivity contribution >= 4 is 34.7 Å². The fraction of sp³-hybridized carbons (Fsp3) is 0.296. The predicted octanol–water partition coefficient (Wildman–Crippen LogP) is 4.70. The molecule has 0 unspecified atom stereocenters. The van der Waals surface area contributed by atoms with Gasteiger partial charge in [-0.2, -0.15) is 23.0 Å². The van der Waals surface area contributed by atoms with Gasteiger partial charge in [-0.3, -0.25) is 4.79 Å². The van der Waals surface area contributed by atoms with E-state index in [1.54, 1.807) is 36.0 Å². The monoisotopic (exact) mass is 568 g/mol. The Bertz CT molecular complexity index is 1530. The highest BCUT2D eigenvalue weighted by Crippen LogP contribution is 2.30. The van der Waals surface area contributed by atoms with Gasteiger partial charge in [0.1, 0.15) is 29.5 Å². The third kappa shape index (κ3) is 7.48. The fourth-order valence-electron chi connectivity index (χ4n) is 3.84. The van der Waals surface area contributed by atoms with Crippen molar-refractivity contribution in [2.24, 2.45) is 0 Å². The van der Waals surface area contributed by atoms with Gasteiger partial charge in [0.25, 0.3) is 5.91 Å². The molecule has 0 atom stereocenters. The van der Waals surface area contributed by atoms with Crippen LogP contribution in [0.5, 0.6) is 0 Å². The number of aryl methyl sites for hydroxylation is 2. The van der Waals surface area contributed by atoms with Gasteiger partial charge in [-0.1, -0.05) is 6.07 Å². The highest BCUT2D eigenvalue weighted by molar-refractivity contribution is 6.05. The van der Waals surface area contributed by atoms with Crippen LogP contribution in [0.25, 0.3) is 5.82 Å². The Morgan fingerprint density at radius 3 is 2.51 bits per heavy atom. The number of hydrogen-bond acceptors (Lipinski definition) is 9. The van der Waals surface area contributed by atoms with Crippen LogP contribution in [-0.4, -0.2) is 69.8 Å². The molecule has 1 amide bonds. The number of benzene rings is 1. The fourth-order valence-corrected chi connectivity index (χ4v) is 3.84. The Kier molecular flexibility index (Phi) is 8.71. The number of pyridine rings is 1. The van der Waals surface area contributed by atoms with Gasteiger partial charge >= 0.3 is 6.18 Å². The zero-order chi connectivity index (χ0) is 29.7. The van der Waals surface area contributed by atoms with Gasteiger partial charge in [0, 0.05) is 49.2 Å². The number of amides is 1. The maximum absolute atomic E-state index is 13.5. The zero-order valence-corrected chi connectivity index (χ0v) is 23.3. The van der Waals surface area contributed by atoms with Gasteiger partial charge < -0.3 is 26.2 Å². The number of carbonyl (C=O) groups is 1. The van der Waals surface area contributed by atoms with E-state index in [1.807, 2.05) is 38.9 Å². The summed E-state index contributed by atoms with van der Waals surface area (Å²) in [4.78, 5) is 27.0. The standard InChI is InChI=1S/C27H31F3N10O/c1-16-6-7-19(13-20(16)36-25-10-17(2)38-40(25)24-14-22(31-3)33-15-34-24)35-26(41)18-11-21(27(28,29)30)37-23(12-18)32-8-9-39(4)5/h6-7,10-15,36H,8-9H2,1-5H3,(H,32,37)(H,35,41)(H,31,33,34). The van der Waals surface area contributed by atoms with Crippen LogP contribution in [0.1, 0.15) is 27.3 Å². The third-order valence-electron chi connectivity index (χ3n) is 5.96. The molecule has 41 heavy (non-hydrogen) atoms. The summed E-state index contributed by atoms with van der Waals surface area (Å²) in [5.74, 6) is 1.04. The van der Waals surface area contributed by atoms with Crippen molar-refractivity contribution in [2.75, 3.05) is 55.5 Å². The van der Waals surface area contributed by atoms with Crippen molar-refractivity contribution in [3.8, 4) is 5.82 Å². The lowest BCUT2D eigenvalue weighted by Gasteiger charge is -2.15. The Balaban J connectivity index is 1.58. The highest BCUT2D eigenvalue weighted by Gasteiger charge is 2.34. The van der Waals surface area contributed by atoms with Crippen molar-refractivity contribution < 1.29 is 18.0 Å². The molecule has 0 aliphatic carbocycles. The van der Waals surface area contributed by atoms with E-state index in [2.05, 4.69) is 41.3 Å². The van der Waals surface area contributed by atoms with Gasteiger partial charge in [-0.25, -0.2) is 15.0 Å². The second-order valence-electron chi connectivity index (χ2n) is 9.56. The molecule has 0 saturated carbocycles. The van der Waals surface area contributed by atoms with Crippen LogP contribution < -0.4 is 21.3 Å². The SMILES string of the molecule is CNc1cc(-n2nc(C)cc2Nc2cc(NC(=O)c3cc(NCCN(C)C)nc(C(F)(F)F)c3)ccc2C)ncn1.